The van der Waals surface area contributed by atoms with E-state index in [0.717, 1.165) is 51.3 Å². The van der Waals surface area contributed by atoms with Crippen LogP contribution in [0.3, 0.4) is 0 Å². The van der Waals surface area contributed by atoms with Gasteiger partial charge in [0.1, 0.15) is 6.54 Å². The smallest absolute Gasteiger partial charge is 0.243 e. The summed E-state index contributed by atoms with van der Waals surface area (Å²) in [5.74, 6) is 0.748. The van der Waals surface area contributed by atoms with Gasteiger partial charge < -0.3 is 15.5 Å². The molecule has 1 unspecified atom stereocenters. The number of likely N-dealkylation sites (tertiary alicyclic amines) is 1. The number of amides is 1. The van der Waals surface area contributed by atoms with Crippen LogP contribution in [0.4, 0.5) is 0 Å². The lowest BCUT2D eigenvalue weighted by atomic mass is 10.0. The summed E-state index contributed by atoms with van der Waals surface area (Å²) in [5.41, 5.74) is 2.70. The molecule has 1 amide bonds. The molecular formula is C27H40IN5O. The van der Waals surface area contributed by atoms with Crippen molar-refractivity contribution < 1.29 is 4.79 Å². The maximum Gasteiger partial charge on any atom is 0.243 e. The minimum atomic E-state index is 0. The third-order valence-corrected chi connectivity index (χ3v) is 6.14. The number of carbonyl (C=O) groups is 1. The first kappa shape index (κ1) is 28.1. The number of carbonyl (C=O) groups excluding carboxylic acids is 1. The zero-order valence-electron chi connectivity index (χ0n) is 20.7. The number of aliphatic imine (C=N–C) groups is 1. The van der Waals surface area contributed by atoms with Gasteiger partial charge >= 0.3 is 0 Å². The lowest BCUT2D eigenvalue weighted by molar-refractivity contribution is -0.127. The molecule has 1 aliphatic heterocycles. The molecule has 1 fully saturated rings. The van der Waals surface area contributed by atoms with Gasteiger partial charge in [-0.15, -0.1) is 24.0 Å². The fourth-order valence-electron chi connectivity index (χ4n) is 4.02. The topological polar surface area (TPSA) is 60.0 Å². The molecule has 0 spiro atoms. The first-order valence-electron chi connectivity index (χ1n) is 12.1. The molecule has 3 rings (SSSR count). The minimum Gasteiger partial charge on any atom is -0.354 e. The summed E-state index contributed by atoms with van der Waals surface area (Å²) in [5, 5.41) is 7.14. The van der Waals surface area contributed by atoms with E-state index in [9.17, 15) is 4.79 Å². The van der Waals surface area contributed by atoms with Crippen molar-refractivity contribution in [3.63, 3.8) is 0 Å². The molecule has 7 heteroatoms. The number of guanidine groups is 1. The number of hydrogen-bond donors (Lipinski definition) is 2. The Hall–Kier alpha value is -2.13. The Kier molecular flexibility index (Phi) is 12.4. The van der Waals surface area contributed by atoms with Gasteiger partial charge in [0, 0.05) is 45.8 Å². The van der Waals surface area contributed by atoms with E-state index in [2.05, 4.69) is 82.0 Å². The van der Waals surface area contributed by atoms with Gasteiger partial charge in [-0.05, 0) is 43.7 Å². The lowest BCUT2D eigenvalue weighted by Crippen LogP contribution is -2.50. The van der Waals surface area contributed by atoms with Crippen molar-refractivity contribution in [3.05, 3.63) is 71.8 Å². The molecule has 186 valence electrons. The van der Waals surface area contributed by atoms with E-state index in [0.29, 0.717) is 6.04 Å². The number of aryl methyl sites for hydroxylation is 1. The number of benzene rings is 2. The zero-order valence-corrected chi connectivity index (χ0v) is 23.1. The summed E-state index contributed by atoms with van der Waals surface area (Å²) in [4.78, 5) is 20.8. The highest BCUT2D eigenvalue weighted by Crippen LogP contribution is 2.14. The molecule has 1 atom stereocenters. The molecule has 2 aromatic carbocycles. The quantitative estimate of drug-likeness (QED) is 0.270. The van der Waals surface area contributed by atoms with E-state index in [4.69, 9.17) is 0 Å². The fraction of sp³-hybridized carbons (Fsp3) is 0.481. The van der Waals surface area contributed by atoms with Crippen molar-refractivity contribution in [2.45, 2.75) is 51.2 Å². The van der Waals surface area contributed by atoms with Crippen LogP contribution in [0.25, 0.3) is 0 Å². The Bertz CT molecular complexity index is 867. The van der Waals surface area contributed by atoms with Gasteiger partial charge in [0.25, 0.3) is 0 Å². The van der Waals surface area contributed by atoms with Crippen LogP contribution in [-0.2, 0) is 17.8 Å². The molecule has 2 aromatic rings. The Labute approximate surface area is 222 Å². The van der Waals surface area contributed by atoms with Crippen molar-refractivity contribution >= 4 is 35.8 Å². The van der Waals surface area contributed by atoms with Crippen LogP contribution in [0.1, 0.15) is 37.3 Å². The first-order chi connectivity index (χ1) is 16.0. The SMILES string of the molecule is CC(CCc1ccccc1)NC(=NCC(=O)N(C)C)NC1CCN(Cc2ccccc2)CC1.I. The molecule has 0 saturated carbocycles. The van der Waals surface area contributed by atoms with E-state index in [1.54, 1.807) is 19.0 Å². The minimum absolute atomic E-state index is 0. The second-order valence-corrected chi connectivity index (χ2v) is 9.20. The Morgan fingerprint density at radius 3 is 2.21 bits per heavy atom. The summed E-state index contributed by atoms with van der Waals surface area (Å²) in [6, 6.07) is 21.8. The standard InChI is InChI=1S/C27H39N5O.HI/c1-22(14-15-23-10-6-4-7-11-23)29-27(28-20-26(33)31(2)3)30-25-16-18-32(19-17-25)21-24-12-8-5-9-13-24;/h4-13,22,25H,14-21H2,1-3H3,(H2,28,29,30);1H. The van der Waals surface area contributed by atoms with E-state index in [-0.39, 0.29) is 42.5 Å². The number of piperidine rings is 1. The molecule has 0 aliphatic carbocycles. The maximum absolute atomic E-state index is 12.1. The predicted octanol–water partition coefficient (Wildman–Crippen LogP) is 3.91. The van der Waals surface area contributed by atoms with Gasteiger partial charge in [0.2, 0.25) is 5.91 Å². The van der Waals surface area contributed by atoms with Gasteiger partial charge in [-0.3, -0.25) is 9.69 Å². The van der Waals surface area contributed by atoms with E-state index >= 15 is 0 Å². The summed E-state index contributed by atoms with van der Waals surface area (Å²) in [6.07, 6.45) is 4.14. The summed E-state index contributed by atoms with van der Waals surface area (Å²) < 4.78 is 0. The highest BCUT2D eigenvalue weighted by atomic mass is 127. The second-order valence-electron chi connectivity index (χ2n) is 9.20. The molecule has 1 aliphatic rings. The predicted molar refractivity (Wildman–Crippen MR) is 152 cm³/mol. The number of likely N-dealkylation sites (N-methyl/N-ethyl adjacent to an activating group) is 1. The molecule has 0 radical (unpaired) electrons. The zero-order chi connectivity index (χ0) is 23.5. The van der Waals surface area contributed by atoms with Crippen molar-refractivity contribution in [3.8, 4) is 0 Å². The van der Waals surface area contributed by atoms with E-state index < -0.39 is 0 Å². The third kappa shape index (κ3) is 10.0. The normalized spacial score (nSPS) is 15.8. The van der Waals surface area contributed by atoms with Crippen molar-refractivity contribution in [2.24, 2.45) is 4.99 Å². The van der Waals surface area contributed by atoms with E-state index in [1.165, 1.54) is 11.1 Å². The van der Waals surface area contributed by atoms with Crippen LogP contribution >= 0.6 is 24.0 Å². The molecule has 1 saturated heterocycles. The van der Waals surface area contributed by atoms with Crippen LogP contribution < -0.4 is 10.6 Å². The summed E-state index contributed by atoms with van der Waals surface area (Å²) >= 11 is 0. The number of nitrogens with one attached hydrogen (secondary N) is 2. The molecule has 0 bridgehead atoms. The second kappa shape index (κ2) is 15.0. The highest BCUT2D eigenvalue weighted by molar-refractivity contribution is 14.0. The number of halogens is 1. The largest absolute Gasteiger partial charge is 0.354 e. The molecule has 0 aromatic heterocycles. The Balaban J connectivity index is 0.00000408. The number of nitrogens with zero attached hydrogens (tertiary/aromatic N) is 3. The fourth-order valence-corrected chi connectivity index (χ4v) is 4.02. The first-order valence-corrected chi connectivity index (χ1v) is 12.1. The lowest BCUT2D eigenvalue weighted by Gasteiger charge is -2.33. The Morgan fingerprint density at radius 2 is 1.62 bits per heavy atom. The molecule has 1 heterocycles. The average Bonchev–Trinajstić information content (AvgIpc) is 2.83. The maximum atomic E-state index is 12.1. The van der Waals surface area contributed by atoms with Gasteiger partial charge in [-0.25, -0.2) is 4.99 Å². The average molecular weight is 578 g/mol. The van der Waals surface area contributed by atoms with Crippen LogP contribution in [0, 0.1) is 0 Å². The summed E-state index contributed by atoms with van der Waals surface area (Å²) in [6.45, 7) is 5.44. The number of rotatable bonds is 9. The molecule has 34 heavy (non-hydrogen) atoms. The van der Waals surface area contributed by atoms with E-state index in [1.807, 2.05) is 6.07 Å². The number of hydrogen-bond acceptors (Lipinski definition) is 3. The molecule has 2 N–H and O–H groups in total. The van der Waals surface area contributed by atoms with Crippen LogP contribution in [-0.4, -0.2) is 67.5 Å². The molecule has 6 nitrogen and oxygen atoms in total. The van der Waals surface area contributed by atoms with Crippen molar-refractivity contribution in [1.29, 1.82) is 0 Å². The van der Waals surface area contributed by atoms with Crippen LogP contribution in [0.15, 0.2) is 65.7 Å². The van der Waals surface area contributed by atoms with Gasteiger partial charge in [-0.2, -0.15) is 0 Å². The van der Waals surface area contributed by atoms with Gasteiger partial charge in [0.05, 0.1) is 0 Å². The van der Waals surface area contributed by atoms with Crippen LogP contribution in [0.2, 0.25) is 0 Å². The Morgan fingerprint density at radius 1 is 1.03 bits per heavy atom. The van der Waals surface area contributed by atoms with Gasteiger partial charge in [0.15, 0.2) is 5.96 Å². The third-order valence-electron chi connectivity index (χ3n) is 6.14. The van der Waals surface area contributed by atoms with Gasteiger partial charge in [-0.1, -0.05) is 60.7 Å². The van der Waals surface area contributed by atoms with Crippen molar-refractivity contribution in [1.82, 2.24) is 20.4 Å². The monoisotopic (exact) mass is 577 g/mol. The van der Waals surface area contributed by atoms with Crippen LogP contribution in [0.5, 0.6) is 0 Å². The van der Waals surface area contributed by atoms with Crippen molar-refractivity contribution in [2.75, 3.05) is 33.7 Å². The molecular weight excluding hydrogens is 537 g/mol. The summed E-state index contributed by atoms with van der Waals surface area (Å²) in [7, 11) is 3.53. The highest BCUT2D eigenvalue weighted by Gasteiger charge is 2.21.